The zero-order chi connectivity index (χ0) is 20.3. The van der Waals surface area contributed by atoms with Crippen LogP contribution in [0.5, 0.6) is 0 Å². The number of carbonyl (C=O) groups is 1. The van der Waals surface area contributed by atoms with E-state index in [0.29, 0.717) is 11.3 Å². The molecule has 0 bridgehead atoms. The Bertz CT molecular complexity index is 1100. The largest absolute Gasteiger partial charge is 0.360 e. The number of anilines is 2. The molecule has 8 heteroatoms. The number of para-hydroxylation sites is 1. The summed E-state index contributed by atoms with van der Waals surface area (Å²) >= 11 is 0. The molecule has 0 aliphatic rings. The number of benzene rings is 2. The van der Waals surface area contributed by atoms with Crippen LogP contribution in [0.4, 0.5) is 11.5 Å². The molecular formula is C20H21N3O4S. The van der Waals surface area contributed by atoms with Crippen molar-refractivity contribution in [2.45, 2.75) is 32.1 Å². The third-order valence-electron chi connectivity index (χ3n) is 4.27. The van der Waals surface area contributed by atoms with Crippen LogP contribution in [0.2, 0.25) is 0 Å². The molecule has 0 atom stereocenters. The number of amides is 1. The van der Waals surface area contributed by atoms with Gasteiger partial charge in [0.2, 0.25) is 0 Å². The molecule has 1 amide bonds. The number of nitrogens with one attached hydrogen (secondary N) is 2. The van der Waals surface area contributed by atoms with Gasteiger partial charge in [-0.15, -0.1) is 0 Å². The van der Waals surface area contributed by atoms with Crippen molar-refractivity contribution in [1.82, 2.24) is 5.16 Å². The molecule has 3 aromatic rings. The van der Waals surface area contributed by atoms with Gasteiger partial charge in [0.25, 0.3) is 15.9 Å². The van der Waals surface area contributed by atoms with Crippen LogP contribution in [-0.2, 0) is 16.4 Å². The first-order valence-electron chi connectivity index (χ1n) is 8.76. The van der Waals surface area contributed by atoms with E-state index in [2.05, 4.69) is 15.2 Å². The second-order valence-electron chi connectivity index (χ2n) is 6.37. The van der Waals surface area contributed by atoms with E-state index in [4.69, 9.17) is 4.52 Å². The Balaban J connectivity index is 1.78. The highest BCUT2D eigenvalue weighted by molar-refractivity contribution is 7.92. The number of aryl methyl sites for hydroxylation is 3. The summed E-state index contributed by atoms with van der Waals surface area (Å²) in [6, 6.07) is 13.0. The predicted molar refractivity (Wildman–Crippen MR) is 107 cm³/mol. The fourth-order valence-electron chi connectivity index (χ4n) is 2.78. The van der Waals surface area contributed by atoms with E-state index in [1.807, 2.05) is 32.0 Å². The number of rotatable bonds is 6. The van der Waals surface area contributed by atoms with Crippen molar-refractivity contribution in [2.75, 3.05) is 10.0 Å². The molecule has 3 rings (SSSR count). The third-order valence-corrected chi connectivity index (χ3v) is 5.64. The van der Waals surface area contributed by atoms with Gasteiger partial charge in [-0.3, -0.25) is 9.52 Å². The van der Waals surface area contributed by atoms with Crippen LogP contribution in [0.3, 0.4) is 0 Å². The standard InChI is InChI=1S/C20H21N3O4S/c1-4-15-7-5-6-13(2)19(15)21-20(24)16-8-10-17(11-9-16)28(25,26)23-18-12-14(3)27-22-18/h5-12H,4H2,1-3H3,(H,21,24)(H,22,23). The first-order valence-corrected chi connectivity index (χ1v) is 10.2. The fraction of sp³-hybridized carbons (Fsp3) is 0.200. The highest BCUT2D eigenvalue weighted by atomic mass is 32.2. The molecule has 1 aromatic heterocycles. The summed E-state index contributed by atoms with van der Waals surface area (Å²) in [7, 11) is -3.82. The van der Waals surface area contributed by atoms with E-state index in [0.717, 1.165) is 23.2 Å². The summed E-state index contributed by atoms with van der Waals surface area (Å²) in [5.41, 5.74) is 3.16. The summed E-state index contributed by atoms with van der Waals surface area (Å²) in [4.78, 5) is 12.6. The van der Waals surface area contributed by atoms with Crippen molar-refractivity contribution in [3.63, 3.8) is 0 Å². The average molecular weight is 399 g/mol. The minimum absolute atomic E-state index is 0.0230. The van der Waals surface area contributed by atoms with Gasteiger partial charge in [-0.05, 0) is 55.7 Å². The molecule has 0 aliphatic carbocycles. The Morgan fingerprint density at radius 1 is 1.11 bits per heavy atom. The van der Waals surface area contributed by atoms with Gasteiger partial charge in [-0.1, -0.05) is 30.3 Å². The zero-order valence-electron chi connectivity index (χ0n) is 15.8. The topological polar surface area (TPSA) is 101 Å². The fourth-order valence-corrected chi connectivity index (χ4v) is 3.77. The molecule has 0 aliphatic heterocycles. The van der Waals surface area contributed by atoms with Gasteiger partial charge < -0.3 is 9.84 Å². The Hall–Kier alpha value is -3.13. The quantitative estimate of drug-likeness (QED) is 0.654. The van der Waals surface area contributed by atoms with Crippen molar-refractivity contribution < 1.29 is 17.7 Å². The van der Waals surface area contributed by atoms with Gasteiger partial charge in [0.05, 0.1) is 4.90 Å². The molecular weight excluding hydrogens is 378 g/mol. The highest BCUT2D eigenvalue weighted by Crippen LogP contribution is 2.22. The normalized spacial score (nSPS) is 11.2. The van der Waals surface area contributed by atoms with Crippen LogP contribution in [-0.4, -0.2) is 19.5 Å². The molecule has 28 heavy (non-hydrogen) atoms. The lowest BCUT2D eigenvalue weighted by Gasteiger charge is -2.13. The summed E-state index contributed by atoms with van der Waals surface area (Å²) in [5, 5.41) is 6.53. The molecule has 0 unspecified atom stereocenters. The molecule has 2 aromatic carbocycles. The number of hydrogen-bond donors (Lipinski definition) is 2. The lowest BCUT2D eigenvalue weighted by molar-refractivity contribution is 0.102. The van der Waals surface area contributed by atoms with E-state index in [9.17, 15) is 13.2 Å². The molecule has 1 heterocycles. The van der Waals surface area contributed by atoms with Gasteiger partial charge in [-0.2, -0.15) is 0 Å². The maximum Gasteiger partial charge on any atom is 0.263 e. The van der Waals surface area contributed by atoms with Crippen LogP contribution in [0.25, 0.3) is 0 Å². The number of nitrogens with zero attached hydrogens (tertiary/aromatic N) is 1. The summed E-state index contributed by atoms with van der Waals surface area (Å²) in [5.74, 6) is 0.298. The molecule has 0 spiro atoms. The minimum atomic E-state index is -3.82. The van der Waals surface area contributed by atoms with Crippen LogP contribution in [0.15, 0.2) is 57.9 Å². The highest BCUT2D eigenvalue weighted by Gasteiger charge is 2.17. The lowest BCUT2D eigenvalue weighted by Crippen LogP contribution is -2.16. The third kappa shape index (κ3) is 4.23. The average Bonchev–Trinajstić information content (AvgIpc) is 3.07. The van der Waals surface area contributed by atoms with Crippen LogP contribution in [0.1, 0.15) is 34.2 Å². The van der Waals surface area contributed by atoms with E-state index in [-0.39, 0.29) is 16.6 Å². The van der Waals surface area contributed by atoms with Gasteiger partial charge in [0.15, 0.2) is 5.82 Å². The van der Waals surface area contributed by atoms with Crippen LogP contribution >= 0.6 is 0 Å². The first kappa shape index (κ1) is 19.6. The van der Waals surface area contributed by atoms with Crippen molar-refractivity contribution in [1.29, 1.82) is 0 Å². The predicted octanol–water partition coefficient (Wildman–Crippen LogP) is 3.91. The Morgan fingerprint density at radius 3 is 2.43 bits per heavy atom. The SMILES string of the molecule is CCc1cccc(C)c1NC(=O)c1ccc(S(=O)(=O)Nc2cc(C)on2)cc1. The zero-order valence-corrected chi connectivity index (χ0v) is 16.6. The van der Waals surface area contributed by atoms with Crippen LogP contribution < -0.4 is 10.0 Å². The maximum atomic E-state index is 12.6. The second-order valence-corrected chi connectivity index (χ2v) is 8.05. The summed E-state index contributed by atoms with van der Waals surface area (Å²) in [6.07, 6.45) is 0.793. The van der Waals surface area contributed by atoms with Gasteiger partial charge in [0, 0.05) is 17.3 Å². The number of sulfonamides is 1. The van der Waals surface area contributed by atoms with E-state index >= 15 is 0 Å². The van der Waals surface area contributed by atoms with E-state index < -0.39 is 10.0 Å². The van der Waals surface area contributed by atoms with Crippen molar-refractivity contribution >= 4 is 27.4 Å². The van der Waals surface area contributed by atoms with Crippen molar-refractivity contribution in [3.8, 4) is 0 Å². The Morgan fingerprint density at radius 2 is 1.82 bits per heavy atom. The first-order chi connectivity index (χ1) is 13.3. The van der Waals surface area contributed by atoms with Gasteiger partial charge in [0.1, 0.15) is 5.76 Å². The molecule has 7 nitrogen and oxygen atoms in total. The summed E-state index contributed by atoms with van der Waals surface area (Å²) in [6.45, 7) is 5.62. The Labute approximate surface area is 163 Å². The number of carbonyl (C=O) groups excluding carboxylic acids is 1. The Kier molecular flexibility index (Phi) is 5.51. The van der Waals surface area contributed by atoms with E-state index in [1.54, 1.807) is 6.92 Å². The van der Waals surface area contributed by atoms with Crippen LogP contribution in [0, 0.1) is 13.8 Å². The molecule has 146 valence electrons. The monoisotopic (exact) mass is 399 g/mol. The summed E-state index contributed by atoms with van der Waals surface area (Å²) < 4.78 is 32.0. The molecule has 2 N–H and O–H groups in total. The van der Waals surface area contributed by atoms with Crippen molar-refractivity contribution in [2.24, 2.45) is 0 Å². The molecule has 0 radical (unpaired) electrons. The molecule has 0 saturated carbocycles. The number of hydrogen-bond acceptors (Lipinski definition) is 5. The van der Waals surface area contributed by atoms with Crippen molar-refractivity contribution in [3.05, 3.63) is 71.0 Å². The van der Waals surface area contributed by atoms with Gasteiger partial charge >= 0.3 is 0 Å². The minimum Gasteiger partial charge on any atom is -0.360 e. The number of aromatic nitrogens is 1. The molecule has 0 saturated heterocycles. The maximum absolute atomic E-state index is 12.6. The van der Waals surface area contributed by atoms with E-state index in [1.165, 1.54) is 30.3 Å². The lowest BCUT2D eigenvalue weighted by atomic mass is 10.1. The van der Waals surface area contributed by atoms with Gasteiger partial charge in [-0.25, -0.2) is 8.42 Å². The smallest absolute Gasteiger partial charge is 0.263 e. The second kappa shape index (κ2) is 7.85. The molecule has 0 fully saturated rings.